The molecule has 0 radical (unpaired) electrons. The Hall–Kier alpha value is -1.32. The van der Waals surface area contributed by atoms with Crippen LogP contribution < -0.4 is 10.5 Å². The molecule has 2 N–H and O–H groups in total. The zero-order valence-corrected chi connectivity index (χ0v) is 12.2. The summed E-state index contributed by atoms with van der Waals surface area (Å²) in [5.74, 6) is 1.01. The molecule has 0 saturated carbocycles. The molecule has 19 heavy (non-hydrogen) atoms. The van der Waals surface area contributed by atoms with E-state index in [1.165, 1.54) is 5.56 Å². The van der Waals surface area contributed by atoms with Crippen LogP contribution in [0.2, 0.25) is 0 Å². The van der Waals surface area contributed by atoms with Crippen molar-refractivity contribution in [2.75, 3.05) is 6.61 Å². The number of hydrogen-bond donors (Lipinski definition) is 1. The van der Waals surface area contributed by atoms with Crippen molar-refractivity contribution in [3.05, 3.63) is 63.6 Å². The summed E-state index contributed by atoms with van der Waals surface area (Å²) in [6.45, 7) is 0.823. The number of benzene rings is 2. The standard InChI is InChI=1S/C16H16BrNO/c17-14-5-1-3-12(10-14)16(18)13-6-7-15-11(9-13)4-2-8-19-15/h1,3,5-7,9-10,16H,2,4,8,18H2. The summed E-state index contributed by atoms with van der Waals surface area (Å²) < 4.78 is 6.69. The fourth-order valence-corrected chi connectivity index (χ4v) is 2.88. The second kappa shape index (κ2) is 5.35. The van der Waals surface area contributed by atoms with Crippen LogP contribution in [-0.4, -0.2) is 6.61 Å². The zero-order valence-electron chi connectivity index (χ0n) is 10.6. The second-order valence-corrected chi connectivity index (χ2v) is 5.77. The predicted molar refractivity (Wildman–Crippen MR) is 80.4 cm³/mol. The third-order valence-corrected chi connectivity index (χ3v) is 3.99. The van der Waals surface area contributed by atoms with E-state index in [1.54, 1.807) is 0 Å². The number of halogens is 1. The molecule has 0 spiro atoms. The molecular weight excluding hydrogens is 302 g/mol. The first-order valence-electron chi connectivity index (χ1n) is 6.51. The highest BCUT2D eigenvalue weighted by Gasteiger charge is 2.14. The van der Waals surface area contributed by atoms with Gasteiger partial charge in [0.2, 0.25) is 0 Å². The van der Waals surface area contributed by atoms with E-state index in [0.29, 0.717) is 0 Å². The maximum atomic E-state index is 6.36. The molecule has 0 amide bonds. The smallest absolute Gasteiger partial charge is 0.122 e. The van der Waals surface area contributed by atoms with Crippen LogP contribution in [0.15, 0.2) is 46.9 Å². The van der Waals surface area contributed by atoms with Crippen molar-refractivity contribution in [3.63, 3.8) is 0 Å². The van der Waals surface area contributed by atoms with Crippen LogP contribution in [0.4, 0.5) is 0 Å². The van der Waals surface area contributed by atoms with Crippen molar-refractivity contribution < 1.29 is 4.74 Å². The van der Waals surface area contributed by atoms with E-state index in [2.05, 4.69) is 40.2 Å². The van der Waals surface area contributed by atoms with E-state index in [0.717, 1.165) is 40.8 Å². The van der Waals surface area contributed by atoms with Crippen LogP contribution in [0.3, 0.4) is 0 Å². The number of rotatable bonds is 2. The van der Waals surface area contributed by atoms with Crippen molar-refractivity contribution in [2.24, 2.45) is 5.73 Å². The Kier molecular flexibility index (Phi) is 3.58. The first-order chi connectivity index (χ1) is 9.24. The minimum atomic E-state index is -0.0928. The Balaban J connectivity index is 1.93. The van der Waals surface area contributed by atoms with Gasteiger partial charge in [-0.2, -0.15) is 0 Å². The highest BCUT2D eigenvalue weighted by atomic mass is 79.9. The average Bonchev–Trinajstić information content (AvgIpc) is 2.46. The fourth-order valence-electron chi connectivity index (χ4n) is 2.47. The molecule has 1 heterocycles. The molecule has 1 unspecified atom stereocenters. The Morgan fingerprint density at radius 1 is 1.11 bits per heavy atom. The molecule has 0 aliphatic carbocycles. The average molecular weight is 318 g/mol. The molecule has 2 nitrogen and oxygen atoms in total. The van der Waals surface area contributed by atoms with Gasteiger partial charge in [0.15, 0.2) is 0 Å². The van der Waals surface area contributed by atoms with Gasteiger partial charge < -0.3 is 10.5 Å². The molecule has 0 saturated heterocycles. The lowest BCUT2D eigenvalue weighted by Crippen LogP contribution is -2.14. The fraction of sp³-hybridized carbons (Fsp3) is 0.250. The number of aryl methyl sites for hydroxylation is 1. The predicted octanol–water partition coefficient (Wildman–Crippen LogP) is 3.82. The van der Waals surface area contributed by atoms with Crippen LogP contribution in [0.5, 0.6) is 5.75 Å². The van der Waals surface area contributed by atoms with Crippen molar-refractivity contribution in [2.45, 2.75) is 18.9 Å². The maximum Gasteiger partial charge on any atom is 0.122 e. The summed E-state index contributed by atoms with van der Waals surface area (Å²) in [5, 5.41) is 0. The van der Waals surface area contributed by atoms with E-state index in [4.69, 9.17) is 10.5 Å². The molecule has 1 aliphatic rings. The summed E-state index contributed by atoms with van der Waals surface area (Å²) in [6.07, 6.45) is 2.16. The third kappa shape index (κ3) is 2.67. The molecule has 3 heteroatoms. The minimum absolute atomic E-state index is 0.0928. The van der Waals surface area contributed by atoms with E-state index in [9.17, 15) is 0 Å². The number of nitrogens with two attached hydrogens (primary N) is 1. The van der Waals surface area contributed by atoms with Gasteiger partial charge in [0.1, 0.15) is 5.75 Å². The van der Waals surface area contributed by atoms with Gasteiger partial charge in [0.25, 0.3) is 0 Å². The molecule has 1 atom stereocenters. The van der Waals surface area contributed by atoms with Gasteiger partial charge in [-0.1, -0.05) is 40.2 Å². The second-order valence-electron chi connectivity index (χ2n) is 4.85. The molecule has 1 aliphatic heterocycles. The van der Waals surface area contributed by atoms with Crippen LogP contribution >= 0.6 is 15.9 Å². The van der Waals surface area contributed by atoms with Crippen molar-refractivity contribution in [1.29, 1.82) is 0 Å². The van der Waals surface area contributed by atoms with Gasteiger partial charge in [-0.25, -0.2) is 0 Å². The number of fused-ring (bicyclic) bond motifs is 1. The van der Waals surface area contributed by atoms with Crippen LogP contribution in [0, 0.1) is 0 Å². The lowest BCUT2D eigenvalue weighted by Gasteiger charge is -2.20. The molecular formula is C16H16BrNO. The summed E-state index contributed by atoms with van der Waals surface area (Å²) in [5.41, 5.74) is 9.89. The Morgan fingerprint density at radius 3 is 2.79 bits per heavy atom. The van der Waals surface area contributed by atoms with Gasteiger partial charge >= 0.3 is 0 Å². The molecule has 2 aromatic rings. The summed E-state index contributed by atoms with van der Waals surface area (Å²) >= 11 is 3.49. The van der Waals surface area contributed by atoms with E-state index in [1.807, 2.05) is 18.2 Å². The highest BCUT2D eigenvalue weighted by molar-refractivity contribution is 9.10. The van der Waals surface area contributed by atoms with E-state index < -0.39 is 0 Å². The molecule has 0 bridgehead atoms. The SMILES string of the molecule is NC(c1cccc(Br)c1)c1ccc2c(c1)CCCO2. The van der Waals surface area contributed by atoms with E-state index in [-0.39, 0.29) is 6.04 Å². The summed E-state index contributed by atoms with van der Waals surface area (Å²) in [7, 11) is 0. The van der Waals surface area contributed by atoms with Gasteiger partial charge in [-0.3, -0.25) is 0 Å². The molecule has 0 fully saturated rings. The first kappa shape index (κ1) is 12.7. The normalized spacial score (nSPS) is 15.5. The van der Waals surface area contributed by atoms with Crippen LogP contribution in [-0.2, 0) is 6.42 Å². The molecule has 2 aromatic carbocycles. The topological polar surface area (TPSA) is 35.2 Å². The lowest BCUT2D eigenvalue weighted by molar-refractivity contribution is 0.288. The highest BCUT2D eigenvalue weighted by Crippen LogP contribution is 2.29. The zero-order chi connectivity index (χ0) is 13.2. The number of ether oxygens (including phenoxy) is 1. The van der Waals surface area contributed by atoms with Gasteiger partial charge in [0.05, 0.1) is 12.6 Å². The van der Waals surface area contributed by atoms with Crippen molar-refractivity contribution in [3.8, 4) is 5.75 Å². The van der Waals surface area contributed by atoms with Gasteiger partial charge in [0, 0.05) is 4.47 Å². The van der Waals surface area contributed by atoms with Crippen LogP contribution in [0.25, 0.3) is 0 Å². The lowest BCUT2D eigenvalue weighted by atomic mass is 9.95. The molecule has 98 valence electrons. The molecule has 0 aromatic heterocycles. The number of hydrogen-bond acceptors (Lipinski definition) is 2. The Bertz CT molecular complexity index is 597. The maximum absolute atomic E-state index is 6.36. The Labute approximate surface area is 121 Å². The third-order valence-electron chi connectivity index (χ3n) is 3.50. The van der Waals surface area contributed by atoms with Crippen molar-refractivity contribution >= 4 is 15.9 Å². The quantitative estimate of drug-likeness (QED) is 0.913. The van der Waals surface area contributed by atoms with Crippen LogP contribution in [0.1, 0.15) is 29.2 Å². The van der Waals surface area contributed by atoms with Gasteiger partial charge in [-0.15, -0.1) is 0 Å². The monoisotopic (exact) mass is 317 g/mol. The minimum Gasteiger partial charge on any atom is -0.493 e. The molecule has 3 rings (SSSR count). The largest absolute Gasteiger partial charge is 0.493 e. The summed E-state index contributed by atoms with van der Waals surface area (Å²) in [4.78, 5) is 0. The first-order valence-corrected chi connectivity index (χ1v) is 7.30. The van der Waals surface area contributed by atoms with Gasteiger partial charge in [-0.05, 0) is 47.7 Å². The summed E-state index contributed by atoms with van der Waals surface area (Å²) in [6, 6.07) is 14.4. The Morgan fingerprint density at radius 2 is 1.95 bits per heavy atom. The van der Waals surface area contributed by atoms with E-state index >= 15 is 0 Å². The van der Waals surface area contributed by atoms with Crippen molar-refractivity contribution in [1.82, 2.24) is 0 Å².